The molecule has 20 heavy (non-hydrogen) atoms. The van der Waals surface area contributed by atoms with Crippen LogP contribution < -0.4 is 15.4 Å². The third-order valence-corrected chi connectivity index (χ3v) is 3.54. The number of nitrogens with one attached hydrogen (secondary N) is 2. The maximum absolute atomic E-state index is 12.2. The van der Waals surface area contributed by atoms with Crippen molar-refractivity contribution in [2.45, 2.75) is 20.8 Å². The van der Waals surface area contributed by atoms with Gasteiger partial charge in [-0.2, -0.15) is 0 Å². The summed E-state index contributed by atoms with van der Waals surface area (Å²) in [5, 5.41) is 6.23. The summed E-state index contributed by atoms with van der Waals surface area (Å²) in [6.45, 7) is 8.68. The van der Waals surface area contributed by atoms with Crippen molar-refractivity contribution in [3.8, 4) is 5.75 Å². The highest BCUT2D eigenvalue weighted by atomic mass is 16.5. The molecule has 2 N–H and O–H groups in total. The molecule has 0 radical (unpaired) electrons. The Bertz CT molecular complexity index is 460. The number of amides is 1. The van der Waals surface area contributed by atoms with E-state index in [0.717, 1.165) is 24.5 Å². The van der Waals surface area contributed by atoms with E-state index >= 15 is 0 Å². The molecule has 110 valence electrons. The number of rotatable bonds is 5. The fourth-order valence-corrected chi connectivity index (χ4v) is 2.32. The van der Waals surface area contributed by atoms with Gasteiger partial charge in [0, 0.05) is 18.3 Å². The van der Waals surface area contributed by atoms with E-state index in [1.807, 2.05) is 24.3 Å². The molecule has 1 aliphatic rings. The van der Waals surface area contributed by atoms with Crippen molar-refractivity contribution in [3.63, 3.8) is 0 Å². The van der Waals surface area contributed by atoms with Gasteiger partial charge in [-0.1, -0.05) is 26.8 Å². The van der Waals surface area contributed by atoms with Crippen LogP contribution in [0.5, 0.6) is 5.75 Å². The molecule has 0 aliphatic carbocycles. The lowest BCUT2D eigenvalue weighted by Crippen LogP contribution is -2.27. The standard InChI is InChI=1S/C16H24N2O2/c1-11(2)10-20-14-6-4-5-13(7-14)18-16(19)15-9-17-8-12(15)3/h4-7,11-12,15,17H,8-10H2,1-3H3,(H,18,19). The van der Waals surface area contributed by atoms with Crippen molar-refractivity contribution < 1.29 is 9.53 Å². The Kier molecular flexibility index (Phi) is 5.01. The maximum Gasteiger partial charge on any atom is 0.229 e. The Morgan fingerprint density at radius 3 is 2.90 bits per heavy atom. The molecule has 1 aliphatic heterocycles. The summed E-state index contributed by atoms with van der Waals surface area (Å²) < 4.78 is 5.67. The van der Waals surface area contributed by atoms with Crippen molar-refractivity contribution in [3.05, 3.63) is 24.3 Å². The van der Waals surface area contributed by atoms with E-state index in [1.165, 1.54) is 0 Å². The smallest absolute Gasteiger partial charge is 0.229 e. The molecular weight excluding hydrogens is 252 g/mol. The van der Waals surface area contributed by atoms with Crippen LogP contribution in [0.3, 0.4) is 0 Å². The normalized spacial score (nSPS) is 22.0. The van der Waals surface area contributed by atoms with E-state index in [2.05, 4.69) is 31.4 Å². The van der Waals surface area contributed by atoms with Gasteiger partial charge in [0.2, 0.25) is 5.91 Å². The van der Waals surface area contributed by atoms with E-state index in [1.54, 1.807) is 0 Å². The topological polar surface area (TPSA) is 50.4 Å². The van der Waals surface area contributed by atoms with Gasteiger partial charge in [0.15, 0.2) is 0 Å². The van der Waals surface area contributed by atoms with Crippen LogP contribution >= 0.6 is 0 Å². The van der Waals surface area contributed by atoms with E-state index < -0.39 is 0 Å². The van der Waals surface area contributed by atoms with E-state index in [-0.39, 0.29) is 11.8 Å². The van der Waals surface area contributed by atoms with Gasteiger partial charge in [0.25, 0.3) is 0 Å². The second-order valence-corrected chi connectivity index (χ2v) is 5.96. The summed E-state index contributed by atoms with van der Waals surface area (Å²) in [6.07, 6.45) is 0. The van der Waals surface area contributed by atoms with Crippen molar-refractivity contribution in [1.29, 1.82) is 0 Å². The lowest BCUT2D eigenvalue weighted by atomic mass is 9.97. The number of anilines is 1. The minimum absolute atomic E-state index is 0.0511. The first-order valence-electron chi connectivity index (χ1n) is 7.30. The average molecular weight is 276 g/mol. The van der Waals surface area contributed by atoms with Crippen LogP contribution in [0.4, 0.5) is 5.69 Å². The fourth-order valence-electron chi connectivity index (χ4n) is 2.32. The second-order valence-electron chi connectivity index (χ2n) is 5.96. The Balaban J connectivity index is 1.95. The largest absolute Gasteiger partial charge is 0.493 e. The molecule has 1 amide bonds. The van der Waals surface area contributed by atoms with E-state index in [9.17, 15) is 4.79 Å². The summed E-state index contributed by atoms with van der Waals surface area (Å²) in [6, 6.07) is 7.60. The van der Waals surface area contributed by atoms with Gasteiger partial charge < -0.3 is 15.4 Å². The van der Waals surface area contributed by atoms with Gasteiger partial charge in [0.05, 0.1) is 12.5 Å². The number of carbonyl (C=O) groups is 1. The van der Waals surface area contributed by atoms with Crippen molar-refractivity contribution in [1.82, 2.24) is 5.32 Å². The molecule has 2 unspecified atom stereocenters. The molecule has 1 aromatic carbocycles. The Morgan fingerprint density at radius 2 is 2.25 bits per heavy atom. The zero-order valence-electron chi connectivity index (χ0n) is 12.5. The molecule has 2 rings (SSSR count). The highest BCUT2D eigenvalue weighted by molar-refractivity contribution is 5.93. The van der Waals surface area contributed by atoms with Gasteiger partial charge in [-0.25, -0.2) is 0 Å². The van der Waals surface area contributed by atoms with Crippen LogP contribution in [-0.2, 0) is 4.79 Å². The summed E-state index contributed by atoms with van der Waals surface area (Å²) >= 11 is 0. The molecule has 1 aromatic rings. The molecule has 1 saturated heterocycles. The highest BCUT2D eigenvalue weighted by Crippen LogP contribution is 2.21. The van der Waals surface area contributed by atoms with Crippen molar-refractivity contribution >= 4 is 11.6 Å². The van der Waals surface area contributed by atoms with Gasteiger partial charge in [-0.3, -0.25) is 4.79 Å². The number of hydrogen-bond donors (Lipinski definition) is 2. The quantitative estimate of drug-likeness (QED) is 0.869. The number of hydrogen-bond acceptors (Lipinski definition) is 3. The average Bonchev–Trinajstić information content (AvgIpc) is 2.83. The predicted molar refractivity (Wildman–Crippen MR) is 80.9 cm³/mol. The number of ether oxygens (including phenoxy) is 1. The molecule has 0 bridgehead atoms. The molecule has 2 atom stereocenters. The van der Waals surface area contributed by atoms with E-state index in [0.29, 0.717) is 18.4 Å². The van der Waals surface area contributed by atoms with Crippen LogP contribution in [0.15, 0.2) is 24.3 Å². The summed E-state index contributed by atoms with van der Waals surface area (Å²) in [4.78, 5) is 12.2. The van der Waals surface area contributed by atoms with Crippen molar-refractivity contribution in [2.24, 2.45) is 17.8 Å². The Morgan fingerprint density at radius 1 is 1.45 bits per heavy atom. The first kappa shape index (κ1) is 14.9. The van der Waals surface area contributed by atoms with Gasteiger partial charge in [-0.05, 0) is 30.5 Å². The SMILES string of the molecule is CC(C)COc1cccc(NC(=O)C2CNCC2C)c1. The predicted octanol–water partition coefficient (Wildman–Crippen LogP) is 2.52. The summed E-state index contributed by atoms with van der Waals surface area (Å²) in [5.41, 5.74) is 0.801. The molecule has 4 nitrogen and oxygen atoms in total. The van der Waals surface area contributed by atoms with Gasteiger partial charge in [0.1, 0.15) is 5.75 Å². The molecule has 0 spiro atoms. The third-order valence-electron chi connectivity index (χ3n) is 3.54. The first-order valence-corrected chi connectivity index (χ1v) is 7.30. The Labute approximate surface area is 120 Å². The minimum Gasteiger partial charge on any atom is -0.493 e. The minimum atomic E-state index is 0.0511. The van der Waals surface area contributed by atoms with Crippen LogP contribution in [0.1, 0.15) is 20.8 Å². The Hall–Kier alpha value is -1.55. The number of carbonyl (C=O) groups excluding carboxylic acids is 1. The first-order chi connectivity index (χ1) is 9.56. The monoisotopic (exact) mass is 276 g/mol. The molecule has 1 heterocycles. The van der Waals surface area contributed by atoms with Crippen LogP contribution in [0, 0.1) is 17.8 Å². The van der Waals surface area contributed by atoms with Gasteiger partial charge in [-0.15, -0.1) is 0 Å². The van der Waals surface area contributed by atoms with Crippen LogP contribution in [0.25, 0.3) is 0 Å². The lowest BCUT2D eigenvalue weighted by Gasteiger charge is -2.15. The molecular formula is C16H24N2O2. The molecule has 0 saturated carbocycles. The van der Waals surface area contributed by atoms with Crippen LogP contribution in [-0.4, -0.2) is 25.6 Å². The highest BCUT2D eigenvalue weighted by Gasteiger charge is 2.29. The zero-order valence-corrected chi connectivity index (χ0v) is 12.5. The lowest BCUT2D eigenvalue weighted by molar-refractivity contribution is -0.120. The molecule has 4 heteroatoms. The maximum atomic E-state index is 12.2. The summed E-state index contributed by atoms with van der Waals surface area (Å²) in [5.74, 6) is 1.81. The van der Waals surface area contributed by atoms with Gasteiger partial charge >= 0.3 is 0 Å². The zero-order chi connectivity index (χ0) is 14.5. The van der Waals surface area contributed by atoms with E-state index in [4.69, 9.17) is 4.74 Å². The van der Waals surface area contributed by atoms with Crippen molar-refractivity contribution in [2.75, 3.05) is 25.0 Å². The molecule has 0 aromatic heterocycles. The third kappa shape index (κ3) is 3.97. The number of benzene rings is 1. The fraction of sp³-hybridized carbons (Fsp3) is 0.562. The summed E-state index contributed by atoms with van der Waals surface area (Å²) in [7, 11) is 0. The molecule has 1 fully saturated rings. The second kappa shape index (κ2) is 6.75. The van der Waals surface area contributed by atoms with Crippen LogP contribution in [0.2, 0.25) is 0 Å².